The van der Waals surface area contributed by atoms with Gasteiger partial charge in [0.2, 0.25) is 11.7 Å². The quantitative estimate of drug-likeness (QED) is 0.839. The Labute approximate surface area is 129 Å². The number of anilines is 1. The fraction of sp³-hybridized carbons (Fsp3) is 0.235. The molecule has 0 saturated carbocycles. The predicted octanol–water partition coefficient (Wildman–Crippen LogP) is 2.74. The molecule has 0 saturated heterocycles. The highest BCUT2D eigenvalue weighted by Gasteiger charge is 2.17. The largest absolute Gasteiger partial charge is 0.385 e. The van der Waals surface area contributed by atoms with Crippen molar-refractivity contribution in [1.29, 1.82) is 0 Å². The van der Waals surface area contributed by atoms with Crippen LogP contribution in [0.2, 0.25) is 0 Å². The molecule has 5 heteroatoms. The molecule has 0 spiro atoms. The molecule has 1 aromatic carbocycles. The molecule has 114 valence electrons. The molecule has 1 amide bonds. The van der Waals surface area contributed by atoms with Gasteiger partial charge in [-0.15, -0.1) is 0 Å². The van der Waals surface area contributed by atoms with Crippen LogP contribution in [0.3, 0.4) is 0 Å². The summed E-state index contributed by atoms with van der Waals surface area (Å²) in [7, 11) is 0. The van der Waals surface area contributed by atoms with Crippen LogP contribution in [0.15, 0.2) is 52.7 Å². The average Bonchev–Trinajstić information content (AvgIpc) is 2.46. The highest BCUT2D eigenvalue weighted by molar-refractivity contribution is 6.22. The Kier molecular flexibility index (Phi) is 4.88. The number of hydrogen-bond donors (Lipinski definition) is 2. The standard InChI is InChI=1S/C17H19N3O2/c1-4-18-13-5-7-14(8-6-13)20-15-10-16(19-12(3)21)17(22)9-11(15)2/h5-10,18H,4H2,1-3H3,(H,19,21)/b20-15+. The van der Waals surface area contributed by atoms with E-state index in [1.54, 1.807) is 6.08 Å². The number of aliphatic imine (C=N–C) groups is 1. The maximum Gasteiger partial charge on any atom is 0.221 e. The molecular formula is C17H19N3O2. The summed E-state index contributed by atoms with van der Waals surface area (Å²) in [6, 6.07) is 7.71. The monoisotopic (exact) mass is 297 g/mol. The molecule has 1 aliphatic carbocycles. The van der Waals surface area contributed by atoms with Crippen LogP contribution in [0.5, 0.6) is 0 Å². The van der Waals surface area contributed by atoms with E-state index in [0.717, 1.165) is 23.5 Å². The van der Waals surface area contributed by atoms with Crippen LogP contribution in [0, 0.1) is 0 Å². The van der Waals surface area contributed by atoms with Gasteiger partial charge < -0.3 is 10.6 Å². The minimum Gasteiger partial charge on any atom is -0.385 e. The number of rotatable bonds is 4. The molecule has 22 heavy (non-hydrogen) atoms. The second-order valence-corrected chi connectivity index (χ2v) is 5.01. The maximum atomic E-state index is 11.8. The van der Waals surface area contributed by atoms with Gasteiger partial charge >= 0.3 is 0 Å². The van der Waals surface area contributed by atoms with Crippen molar-refractivity contribution >= 4 is 28.8 Å². The van der Waals surface area contributed by atoms with Gasteiger partial charge in [0.1, 0.15) is 0 Å². The molecule has 2 N–H and O–H groups in total. The van der Waals surface area contributed by atoms with Crippen molar-refractivity contribution in [2.75, 3.05) is 11.9 Å². The number of hydrogen-bond acceptors (Lipinski definition) is 4. The lowest BCUT2D eigenvalue weighted by Gasteiger charge is -2.13. The predicted molar refractivity (Wildman–Crippen MR) is 88.4 cm³/mol. The third kappa shape index (κ3) is 3.91. The molecule has 1 aromatic rings. The van der Waals surface area contributed by atoms with Crippen LogP contribution >= 0.6 is 0 Å². The number of amides is 1. The van der Waals surface area contributed by atoms with E-state index in [-0.39, 0.29) is 17.4 Å². The molecule has 5 nitrogen and oxygen atoms in total. The molecule has 0 fully saturated rings. The average molecular weight is 297 g/mol. The zero-order chi connectivity index (χ0) is 16.1. The third-order valence-electron chi connectivity index (χ3n) is 3.11. The molecule has 0 atom stereocenters. The van der Waals surface area contributed by atoms with Crippen molar-refractivity contribution in [3.63, 3.8) is 0 Å². The molecular weight excluding hydrogens is 278 g/mol. The number of allylic oxidation sites excluding steroid dienone is 3. The van der Waals surface area contributed by atoms with Crippen molar-refractivity contribution < 1.29 is 9.59 Å². The minimum atomic E-state index is -0.276. The lowest BCUT2D eigenvalue weighted by molar-refractivity contribution is -0.120. The maximum absolute atomic E-state index is 11.8. The fourth-order valence-corrected chi connectivity index (χ4v) is 2.07. The Hall–Kier alpha value is -2.69. The van der Waals surface area contributed by atoms with Crippen molar-refractivity contribution in [2.24, 2.45) is 4.99 Å². The summed E-state index contributed by atoms with van der Waals surface area (Å²) in [4.78, 5) is 27.5. The van der Waals surface area contributed by atoms with Crippen LogP contribution < -0.4 is 10.6 Å². The van der Waals surface area contributed by atoms with Gasteiger partial charge in [-0.3, -0.25) is 9.59 Å². The number of nitrogens with zero attached hydrogens (tertiary/aromatic N) is 1. The summed E-state index contributed by atoms with van der Waals surface area (Å²) in [6.07, 6.45) is 3.09. The summed E-state index contributed by atoms with van der Waals surface area (Å²) >= 11 is 0. The molecule has 0 bridgehead atoms. The Morgan fingerprint density at radius 1 is 1.18 bits per heavy atom. The lowest BCUT2D eigenvalue weighted by Crippen LogP contribution is -2.27. The van der Waals surface area contributed by atoms with Crippen molar-refractivity contribution in [3.8, 4) is 0 Å². The summed E-state index contributed by atoms with van der Waals surface area (Å²) in [5.74, 6) is -0.490. The normalized spacial score (nSPS) is 16.1. The summed E-state index contributed by atoms with van der Waals surface area (Å²) in [6.45, 7) is 6.09. The minimum absolute atomic E-state index is 0.214. The lowest BCUT2D eigenvalue weighted by atomic mass is 10.0. The van der Waals surface area contributed by atoms with Crippen LogP contribution in [0.1, 0.15) is 20.8 Å². The number of carbonyl (C=O) groups is 2. The van der Waals surface area contributed by atoms with Gasteiger partial charge in [-0.05, 0) is 55.8 Å². The topological polar surface area (TPSA) is 70.6 Å². The van der Waals surface area contributed by atoms with E-state index < -0.39 is 0 Å². The highest BCUT2D eigenvalue weighted by Crippen LogP contribution is 2.20. The van der Waals surface area contributed by atoms with Gasteiger partial charge in [-0.1, -0.05) is 0 Å². The molecule has 0 aromatic heterocycles. The molecule has 0 radical (unpaired) electrons. The van der Waals surface area contributed by atoms with Gasteiger partial charge in [0.05, 0.1) is 17.1 Å². The summed E-state index contributed by atoms with van der Waals surface area (Å²) in [5.41, 5.74) is 3.51. The Morgan fingerprint density at radius 3 is 2.45 bits per heavy atom. The number of nitrogens with one attached hydrogen (secondary N) is 2. The van der Waals surface area contributed by atoms with E-state index in [0.29, 0.717) is 5.71 Å². The first kappa shape index (κ1) is 15.7. The van der Waals surface area contributed by atoms with Crippen molar-refractivity contribution in [1.82, 2.24) is 5.32 Å². The van der Waals surface area contributed by atoms with Crippen molar-refractivity contribution in [2.45, 2.75) is 20.8 Å². The number of ketones is 1. The van der Waals surface area contributed by atoms with E-state index in [2.05, 4.69) is 15.6 Å². The zero-order valence-electron chi connectivity index (χ0n) is 12.9. The van der Waals surface area contributed by atoms with Gasteiger partial charge in [0, 0.05) is 19.2 Å². The second kappa shape index (κ2) is 6.85. The van der Waals surface area contributed by atoms with Gasteiger partial charge in [0.15, 0.2) is 0 Å². The van der Waals surface area contributed by atoms with Crippen LogP contribution in [-0.2, 0) is 9.59 Å². The molecule has 0 heterocycles. The Balaban J connectivity index is 2.28. The molecule has 2 rings (SSSR count). The molecule has 0 unspecified atom stereocenters. The van der Waals surface area contributed by atoms with Crippen molar-refractivity contribution in [3.05, 3.63) is 47.7 Å². The van der Waals surface area contributed by atoms with Gasteiger partial charge in [0.25, 0.3) is 0 Å². The third-order valence-corrected chi connectivity index (χ3v) is 3.11. The van der Waals surface area contributed by atoms with Crippen LogP contribution in [-0.4, -0.2) is 23.9 Å². The fourth-order valence-electron chi connectivity index (χ4n) is 2.07. The first-order chi connectivity index (χ1) is 10.5. The second-order valence-electron chi connectivity index (χ2n) is 5.01. The van der Waals surface area contributed by atoms with E-state index in [4.69, 9.17) is 0 Å². The summed E-state index contributed by atoms with van der Waals surface area (Å²) < 4.78 is 0. The van der Waals surface area contributed by atoms with E-state index in [9.17, 15) is 9.59 Å². The van der Waals surface area contributed by atoms with E-state index >= 15 is 0 Å². The number of carbonyl (C=O) groups excluding carboxylic acids is 2. The van der Waals surface area contributed by atoms with Gasteiger partial charge in [-0.2, -0.15) is 0 Å². The zero-order valence-corrected chi connectivity index (χ0v) is 12.9. The number of benzene rings is 1. The Morgan fingerprint density at radius 2 is 1.86 bits per heavy atom. The van der Waals surface area contributed by atoms with Crippen LogP contribution in [0.25, 0.3) is 0 Å². The molecule has 0 aliphatic heterocycles. The highest BCUT2D eigenvalue weighted by atomic mass is 16.2. The smallest absolute Gasteiger partial charge is 0.221 e. The van der Waals surface area contributed by atoms with Gasteiger partial charge in [-0.25, -0.2) is 4.99 Å². The first-order valence-electron chi connectivity index (χ1n) is 7.14. The molecule has 1 aliphatic rings. The Bertz CT molecular complexity index is 682. The SMILES string of the molecule is CCNc1ccc(/N=C2\C=C(NC(C)=O)C(=O)C=C2C)cc1. The first-order valence-corrected chi connectivity index (χ1v) is 7.14. The van der Waals surface area contributed by atoms with Crippen LogP contribution in [0.4, 0.5) is 11.4 Å². The van der Waals surface area contributed by atoms with E-state index in [1.807, 2.05) is 38.1 Å². The van der Waals surface area contributed by atoms with E-state index in [1.165, 1.54) is 13.0 Å². The summed E-state index contributed by atoms with van der Waals surface area (Å²) in [5, 5.41) is 5.75.